The topological polar surface area (TPSA) is 32.9 Å². The molecule has 2 heteroatoms. The molecular formula is C18H23NO. The molecule has 1 aliphatic rings. The number of nitrogens with one attached hydrogen (secondary N) is 1. The molecule has 1 aliphatic carbocycles. The Morgan fingerprint density at radius 1 is 1.30 bits per heavy atom. The average molecular weight is 269 g/mol. The van der Waals surface area contributed by atoms with Crippen molar-refractivity contribution in [1.29, 1.82) is 0 Å². The number of hydrogen-bond acceptors (Lipinski definition) is 1. The lowest BCUT2D eigenvalue weighted by Crippen LogP contribution is -2.11. The molecule has 0 radical (unpaired) electrons. The van der Waals surface area contributed by atoms with Crippen LogP contribution in [0, 0.1) is 5.92 Å². The molecule has 3 rings (SSSR count). The van der Waals surface area contributed by atoms with Gasteiger partial charge in [0, 0.05) is 29.4 Å². The molecule has 1 heterocycles. The lowest BCUT2D eigenvalue weighted by Gasteiger charge is -2.19. The van der Waals surface area contributed by atoms with E-state index in [1.165, 1.54) is 22.0 Å². The number of aromatic amines is 1. The van der Waals surface area contributed by atoms with Crippen LogP contribution in [0.1, 0.15) is 51.2 Å². The van der Waals surface area contributed by atoms with Crippen molar-refractivity contribution in [1.82, 2.24) is 4.98 Å². The Morgan fingerprint density at radius 3 is 2.75 bits per heavy atom. The molecule has 1 fully saturated rings. The van der Waals surface area contributed by atoms with Crippen molar-refractivity contribution in [3.8, 4) is 0 Å². The largest absolute Gasteiger partial charge is 0.361 e. The fraction of sp³-hybridized carbons (Fsp3) is 0.500. The van der Waals surface area contributed by atoms with E-state index in [1.807, 2.05) is 0 Å². The van der Waals surface area contributed by atoms with Gasteiger partial charge in [0.05, 0.1) is 0 Å². The summed E-state index contributed by atoms with van der Waals surface area (Å²) in [6, 6.07) is 6.65. The molecule has 1 N–H and O–H groups in total. The Morgan fingerprint density at radius 2 is 2.10 bits per heavy atom. The second-order valence-electron chi connectivity index (χ2n) is 7.08. The highest BCUT2D eigenvalue weighted by molar-refractivity contribution is 5.87. The van der Waals surface area contributed by atoms with E-state index in [-0.39, 0.29) is 11.3 Å². The summed E-state index contributed by atoms with van der Waals surface area (Å²) in [4.78, 5) is 15.2. The summed E-state index contributed by atoms with van der Waals surface area (Å²) in [5, 5.41) is 1.29. The molecule has 1 saturated carbocycles. The predicted molar refractivity (Wildman–Crippen MR) is 83.1 cm³/mol. The Balaban J connectivity index is 1.97. The van der Waals surface area contributed by atoms with Crippen molar-refractivity contribution in [2.24, 2.45) is 5.92 Å². The van der Waals surface area contributed by atoms with Gasteiger partial charge in [0.2, 0.25) is 0 Å². The third-order valence-electron chi connectivity index (χ3n) is 4.53. The van der Waals surface area contributed by atoms with Gasteiger partial charge < -0.3 is 4.98 Å². The summed E-state index contributed by atoms with van der Waals surface area (Å²) in [6.45, 7) is 6.71. The SMILES string of the molecule is CC(C)(C)c1ccc2[nH]cc(CC3CCCC3=O)c2c1. The maximum Gasteiger partial charge on any atom is 0.136 e. The number of Topliss-reactive ketones (excluding diaryl/α,β-unsaturated/α-hetero) is 1. The third-order valence-corrected chi connectivity index (χ3v) is 4.53. The van der Waals surface area contributed by atoms with Crippen molar-refractivity contribution in [2.45, 2.75) is 51.9 Å². The van der Waals surface area contributed by atoms with E-state index in [1.54, 1.807) is 0 Å². The van der Waals surface area contributed by atoms with E-state index < -0.39 is 0 Å². The molecule has 106 valence electrons. The van der Waals surface area contributed by atoms with Crippen LogP contribution in [0.3, 0.4) is 0 Å². The minimum atomic E-state index is 0.159. The van der Waals surface area contributed by atoms with Gasteiger partial charge in [0.25, 0.3) is 0 Å². The molecule has 2 aromatic rings. The summed E-state index contributed by atoms with van der Waals surface area (Å²) >= 11 is 0. The molecular weight excluding hydrogens is 246 g/mol. The fourth-order valence-corrected chi connectivity index (χ4v) is 3.18. The number of ketones is 1. The zero-order valence-corrected chi connectivity index (χ0v) is 12.6. The number of carbonyl (C=O) groups excluding carboxylic acids is 1. The molecule has 0 aliphatic heterocycles. The summed E-state index contributed by atoms with van der Waals surface area (Å²) < 4.78 is 0. The van der Waals surface area contributed by atoms with Crippen LogP contribution in [-0.2, 0) is 16.6 Å². The van der Waals surface area contributed by atoms with Gasteiger partial charge in [-0.3, -0.25) is 4.79 Å². The van der Waals surface area contributed by atoms with Crippen molar-refractivity contribution in [3.63, 3.8) is 0 Å². The molecule has 2 nitrogen and oxygen atoms in total. The van der Waals surface area contributed by atoms with E-state index >= 15 is 0 Å². The van der Waals surface area contributed by atoms with E-state index in [4.69, 9.17) is 0 Å². The number of carbonyl (C=O) groups is 1. The highest BCUT2D eigenvalue weighted by Gasteiger charge is 2.25. The number of aromatic nitrogens is 1. The summed E-state index contributed by atoms with van der Waals surface area (Å²) in [6.07, 6.45) is 5.89. The van der Waals surface area contributed by atoms with E-state index in [2.05, 4.69) is 50.2 Å². The first-order valence-corrected chi connectivity index (χ1v) is 7.58. The maximum atomic E-state index is 11.9. The Kier molecular flexibility index (Phi) is 3.19. The summed E-state index contributed by atoms with van der Waals surface area (Å²) in [5.74, 6) is 0.693. The van der Waals surface area contributed by atoms with Crippen LogP contribution in [0.15, 0.2) is 24.4 Å². The maximum absolute atomic E-state index is 11.9. The molecule has 1 aromatic heterocycles. The second-order valence-corrected chi connectivity index (χ2v) is 7.08. The number of benzene rings is 1. The average Bonchev–Trinajstić information content (AvgIpc) is 2.96. The highest BCUT2D eigenvalue weighted by Crippen LogP contribution is 2.31. The zero-order chi connectivity index (χ0) is 14.3. The minimum absolute atomic E-state index is 0.159. The van der Waals surface area contributed by atoms with Crippen LogP contribution in [0.4, 0.5) is 0 Å². The van der Waals surface area contributed by atoms with Crippen LogP contribution < -0.4 is 0 Å². The van der Waals surface area contributed by atoms with Gasteiger partial charge in [-0.15, -0.1) is 0 Å². The molecule has 0 spiro atoms. The molecule has 1 unspecified atom stereocenters. The Labute approximate surface area is 120 Å². The van der Waals surface area contributed by atoms with Crippen molar-refractivity contribution in [2.75, 3.05) is 0 Å². The van der Waals surface area contributed by atoms with Crippen LogP contribution in [0.2, 0.25) is 0 Å². The third kappa shape index (κ3) is 2.39. The van der Waals surface area contributed by atoms with Gasteiger partial charge in [-0.05, 0) is 47.9 Å². The molecule has 0 bridgehead atoms. The minimum Gasteiger partial charge on any atom is -0.361 e. The van der Waals surface area contributed by atoms with Gasteiger partial charge in [-0.1, -0.05) is 26.8 Å². The normalized spacial score (nSPS) is 19.9. The van der Waals surface area contributed by atoms with Gasteiger partial charge in [0.15, 0.2) is 0 Å². The van der Waals surface area contributed by atoms with Crippen molar-refractivity contribution >= 4 is 16.7 Å². The van der Waals surface area contributed by atoms with E-state index in [0.717, 1.165) is 25.7 Å². The highest BCUT2D eigenvalue weighted by atomic mass is 16.1. The van der Waals surface area contributed by atoms with Crippen LogP contribution in [0.25, 0.3) is 10.9 Å². The van der Waals surface area contributed by atoms with Crippen LogP contribution >= 0.6 is 0 Å². The zero-order valence-electron chi connectivity index (χ0n) is 12.6. The van der Waals surface area contributed by atoms with Gasteiger partial charge in [0.1, 0.15) is 5.78 Å². The van der Waals surface area contributed by atoms with E-state index in [0.29, 0.717) is 5.78 Å². The fourth-order valence-electron chi connectivity index (χ4n) is 3.18. The lowest BCUT2D eigenvalue weighted by molar-refractivity contribution is -0.120. The quantitative estimate of drug-likeness (QED) is 0.862. The molecule has 0 saturated heterocycles. The van der Waals surface area contributed by atoms with Gasteiger partial charge in [-0.2, -0.15) is 0 Å². The van der Waals surface area contributed by atoms with Gasteiger partial charge >= 0.3 is 0 Å². The smallest absolute Gasteiger partial charge is 0.136 e. The molecule has 20 heavy (non-hydrogen) atoms. The summed E-state index contributed by atoms with van der Waals surface area (Å²) in [5.41, 5.74) is 3.99. The predicted octanol–water partition coefficient (Wildman–Crippen LogP) is 4.38. The molecule has 1 atom stereocenters. The molecule has 1 aromatic carbocycles. The van der Waals surface area contributed by atoms with Crippen molar-refractivity contribution in [3.05, 3.63) is 35.5 Å². The Bertz CT molecular complexity index is 645. The van der Waals surface area contributed by atoms with Crippen molar-refractivity contribution < 1.29 is 4.79 Å². The first-order valence-electron chi connectivity index (χ1n) is 7.58. The lowest BCUT2D eigenvalue weighted by atomic mass is 9.86. The van der Waals surface area contributed by atoms with Crippen LogP contribution in [0.5, 0.6) is 0 Å². The standard InChI is InChI=1S/C18H23NO/c1-18(2,3)14-7-8-16-15(10-14)13(11-19-16)9-12-5-4-6-17(12)20/h7-8,10-12,19H,4-6,9H2,1-3H3. The first-order chi connectivity index (χ1) is 9.45. The van der Waals surface area contributed by atoms with Gasteiger partial charge in [-0.25, -0.2) is 0 Å². The van der Waals surface area contributed by atoms with E-state index in [9.17, 15) is 4.79 Å². The summed E-state index contributed by atoms with van der Waals surface area (Å²) in [7, 11) is 0. The monoisotopic (exact) mass is 269 g/mol. The molecule has 0 amide bonds. The van der Waals surface area contributed by atoms with Crippen LogP contribution in [-0.4, -0.2) is 10.8 Å². The second kappa shape index (κ2) is 4.76. The first kappa shape index (κ1) is 13.4. The number of H-pyrrole nitrogens is 1. The Hall–Kier alpha value is -1.57. The number of rotatable bonds is 2. The number of fused-ring (bicyclic) bond motifs is 1. The number of hydrogen-bond donors (Lipinski definition) is 1.